The van der Waals surface area contributed by atoms with Crippen molar-refractivity contribution in [2.75, 3.05) is 4.90 Å². The first-order valence-corrected chi connectivity index (χ1v) is 8.41. The summed E-state index contributed by atoms with van der Waals surface area (Å²) in [4.78, 5) is 6.35. The summed E-state index contributed by atoms with van der Waals surface area (Å²) >= 11 is 6.03. The lowest BCUT2D eigenvalue weighted by Gasteiger charge is -2.28. The Morgan fingerprint density at radius 2 is 1.81 bits per heavy atom. The number of fused-ring (bicyclic) bond motifs is 1. The Labute approximate surface area is 167 Å². The largest absolute Gasteiger partial charge is 1.00 e. The van der Waals surface area contributed by atoms with Gasteiger partial charge >= 0.3 is 5.95 Å². The molecule has 132 valence electrons. The van der Waals surface area contributed by atoms with E-state index in [1.807, 2.05) is 76.4 Å². The van der Waals surface area contributed by atoms with E-state index in [0.717, 1.165) is 11.3 Å². The molecule has 1 atom stereocenters. The van der Waals surface area contributed by atoms with Gasteiger partial charge in [0.2, 0.25) is 5.72 Å². The second-order valence-electron chi connectivity index (χ2n) is 5.93. The topological polar surface area (TPSA) is 40.2 Å². The molecule has 1 aromatic carbocycles. The normalized spacial score (nSPS) is 20.8. The van der Waals surface area contributed by atoms with Gasteiger partial charge in [0.05, 0.1) is 6.20 Å². The number of hydrogen-bond acceptors (Lipinski definition) is 3. The summed E-state index contributed by atoms with van der Waals surface area (Å²) in [5.74, 6) is 0.689. The Balaban J connectivity index is 0.00000196. The van der Waals surface area contributed by atoms with Crippen LogP contribution in [0.25, 0.3) is 0 Å². The third-order valence-corrected chi connectivity index (χ3v) is 4.55. The Morgan fingerprint density at radius 3 is 2.62 bits per heavy atom. The van der Waals surface area contributed by atoms with Crippen LogP contribution in [0.5, 0.6) is 0 Å². The van der Waals surface area contributed by atoms with Crippen molar-refractivity contribution in [3.05, 3.63) is 102 Å². The molecule has 2 heterocycles. The van der Waals surface area contributed by atoms with Crippen LogP contribution >= 0.6 is 11.6 Å². The summed E-state index contributed by atoms with van der Waals surface area (Å²) in [6.07, 6.45) is 17.3. The lowest BCUT2D eigenvalue weighted by Crippen LogP contribution is -3.00. The van der Waals surface area contributed by atoms with E-state index >= 15 is 0 Å². The first-order valence-electron chi connectivity index (χ1n) is 8.03. The summed E-state index contributed by atoms with van der Waals surface area (Å²) in [6.45, 7) is 0.378. The molecule has 0 amide bonds. The Morgan fingerprint density at radius 1 is 1.08 bits per heavy atom. The molecule has 4 rings (SSSR count). The van der Waals surface area contributed by atoms with Crippen molar-refractivity contribution in [3.8, 4) is 0 Å². The highest BCUT2D eigenvalue weighted by Crippen LogP contribution is 2.37. The van der Waals surface area contributed by atoms with Crippen LogP contribution in [0.3, 0.4) is 0 Å². The molecule has 1 aliphatic heterocycles. The summed E-state index contributed by atoms with van der Waals surface area (Å²) in [6, 6.07) is 9.15. The lowest BCUT2D eigenvalue weighted by atomic mass is 10.0. The first-order chi connectivity index (χ1) is 12.2. The molecule has 0 radical (unpaired) electrons. The highest BCUT2D eigenvalue weighted by atomic mass is 79.9. The fourth-order valence-corrected chi connectivity index (χ4v) is 3.27. The predicted octanol–water partition coefficient (Wildman–Crippen LogP) is 0.258. The molecule has 1 aliphatic carbocycles. The maximum atomic E-state index is 11.7. The Kier molecular flexibility index (Phi) is 5.41. The second-order valence-corrected chi connectivity index (χ2v) is 6.36. The van der Waals surface area contributed by atoms with Crippen LogP contribution in [-0.2, 0) is 12.3 Å². The van der Waals surface area contributed by atoms with Crippen molar-refractivity contribution >= 4 is 17.5 Å². The molecule has 0 fully saturated rings. The van der Waals surface area contributed by atoms with Gasteiger partial charge in [0.1, 0.15) is 18.4 Å². The molecule has 1 unspecified atom stereocenters. The third-order valence-electron chi connectivity index (χ3n) is 4.30. The van der Waals surface area contributed by atoms with Crippen molar-refractivity contribution < 1.29 is 26.7 Å². The van der Waals surface area contributed by atoms with E-state index < -0.39 is 5.72 Å². The van der Waals surface area contributed by atoms with Gasteiger partial charge in [-0.3, -0.25) is 0 Å². The van der Waals surface area contributed by atoms with E-state index in [1.165, 1.54) is 0 Å². The molecule has 6 heteroatoms. The van der Waals surface area contributed by atoms with Gasteiger partial charge in [-0.05, 0) is 24.3 Å². The van der Waals surface area contributed by atoms with E-state index in [1.54, 1.807) is 18.3 Å². The number of rotatable bonds is 2. The van der Waals surface area contributed by atoms with Crippen molar-refractivity contribution in [3.63, 3.8) is 0 Å². The Bertz CT molecular complexity index is 921. The highest BCUT2D eigenvalue weighted by Gasteiger charge is 2.52. The number of allylic oxidation sites excluding steroid dienone is 7. The number of nitrogens with zero attached hydrogens (tertiary/aromatic N) is 3. The van der Waals surface area contributed by atoms with E-state index in [4.69, 9.17) is 11.6 Å². The smallest absolute Gasteiger partial charge is 0.401 e. The van der Waals surface area contributed by atoms with E-state index in [-0.39, 0.29) is 17.0 Å². The lowest BCUT2D eigenvalue weighted by molar-refractivity contribution is -0.685. The van der Waals surface area contributed by atoms with Crippen molar-refractivity contribution in [1.29, 1.82) is 0 Å². The first kappa shape index (κ1) is 18.6. The molecule has 0 saturated heterocycles. The predicted molar refractivity (Wildman–Crippen MR) is 97.8 cm³/mol. The van der Waals surface area contributed by atoms with Crippen molar-refractivity contribution in [2.24, 2.45) is 0 Å². The van der Waals surface area contributed by atoms with Gasteiger partial charge in [-0.1, -0.05) is 59.1 Å². The summed E-state index contributed by atoms with van der Waals surface area (Å²) < 4.78 is 1.95. The molecular weight excluding hydrogens is 414 g/mol. The summed E-state index contributed by atoms with van der Waals surface area (Å²) in [5, 5.41) is 12.3. The number of benzene rings is 1. The Hall–Kier alpha value is -2.21. The molecule has 1 N–H and O–H groups in total. The van der Waals surface area contributed by atoms with E-state index in [9.17, 15) is 5.11 Å². The molecule has 1 aromatic heterocycles. The summed E-state index contributed by atoms with van der Waals surface area (Å²) in [7, 11) is 0. The fourth-order valence-electron chi connectivity index (χ4n) is 3.15. The van der Waals surface area contributed by atoms with Crippen LogP contribution in [0.4, 0.5) is 5.95 Å². The number of anilines is 1. The molecule has 26 heavy (non-hydrogen) atoms. The third kappa shape index (κ3) is 3.26. The molecule has 2 aromatic rings. The summed E-state index contributed by atoms with van der Waals surface area (Å²) in [5.41, 5.74) is 0.361. The number of aromatic nitrogens is 2. The molecule has 0 saturated carbocycles. The van der Waals surface area contributed by atoms with E-state index in [0.29, 0.717) is 17.5 Å². The van der Waals surface area contributed by atoms with Crippen LogP contribution in [0.1, 0.15) is 5.56 Å². The van der Waals surface area contributed by atoms with Gasteiger partial charge in [0.25, 0.3) is 0 Å². The molecular formula is C20H17BrClN3O. The fraction of sp³-hybridized carbons (Fsp3) is 0.100. The van der Waals surface area contributed by atoms with Crippen LogP contribution in [0.2, 0.25) is 5.02 Å². The minimum absolute atomic E-state index is 0. The maximum Gasteiger partial charge on any atom is 0.401 e. The monoisotopic (exact) mass is 429 g/mol. The molecule has 2 aliphatic rings. The quantitative estimate of drug-likeness (QED) is 0.695. The molecule has 4 nitrogen and oxygen atoms in total. The van der Waals surface area contributed by atoms with Gasteiger partial charge in [0, 0.05) is 16.7 Å². The standard InChI is InChI=1S/C20H17ClN3O.BrH/c21-17-11-9-16(10-12-17)20(25)15-23-14-6-13-22-19(23)24(20)18-7-4-2-1-3-5-8-18;/h1-14,25H,15H2;1H/q+1;/p-1. The maximum absolute atomic E-state index is 11.7. The number of halogens is 2. The average molecular weight is 431 g/mol. The van der Waals surface area contributed by atoms with Crippen LogP contribution in [0, 0.1) is 0 Å². The second kappa shape index (κ2) is 7.58. The van der Waals surface area contributed by atoms with Gasteiger partial charge in [-0.25, -0.2) is 4.57 Å². The van der Waals surface area contributed by atoms with Crippen LogP contribution in [0.15, 0.2) is 91.0 Å². The van der Waals surface area contributed by atoms with Crippen molar-refractivity contribution in [1.82, 2.24) is 4.98 Å². The minimum atomic E-state index is -1.25. The zero-order chi connectivity index (χ0) is 17.3. The zero-order valence-corrected chi connectivity index (χ0v) is 16.2. The number of hydrogen-bond donors (Lipinski definition) is 1. The highest BCUT2D eigenvalue weighted by molar-refractivity contribution is 6.30. The minimum Gasteiger partial charge on any atom is -1.00 e. The average Bonchev–Trinajstić information content (AvgIpc) is 2.89. The van der Waals surface area contributed by atoms with Gasteiger partial charge in [0.15, 0.2) is 0 Å². The van der Waals surface area contributed by atoms with Crippen molar-refractivity contribution in [2.45, 2.75) is 12.3 Å². The van der Waals surface area contributed by atoms with E-state index in [2.05, 4.69) is 4.98 Å². The number of aliphatic hydroxyl groups is 1. The molecule has 0 spiro atoms. The van der Waals surface area contributed by atoms with Crippen LogP contribution < -0.4 is 26.4 Å². The van der Waals surface area contributed by atoms with Gasteiger partial charge in [-0.15, -0.1) is 0 Å². The van der Waals surface area contributed by atoms with Crippen LogP contribution in [-0.4, -0.2) is 10.1 Å². The van der Waals surface area contributed by atoms with Gasteiger partial charge < -0.3 is 22.1 Å². The SMILES string of the molecule is OC1(c2ccc(Cl)cc2)C[n+]2cccnc2N1C1=CC=CC=CC=C1.[Br-]. The molecule has 0 bridgehead atoms. The zero-order valence-electron chi connectivity index (χ0n) is 13.8. The van der Waals surface area contributed by atoms with Gasteiger partial charge in [-0.2, -0.15) is 4.90 Å².